The summed E-state index contributed by atoms with van der Waals surface area (Å²) in [4.78, 5) is 24.8. The van der Waals surface area contributed by atoms with E-state index in [-0.39, 0.29) is 12.5 Å². The monoisotopic (exact) mass is 265 g/mol. The molecule has 0 unspecified atom stereocenters. The lowest BCUT2D eigenvalue weighted by atomic mass is 9.75. The van der Waals surface area contributed by atoms with Crippen LogP contribution >= 0.6 is 11.3 Å². The highest BCUT2D eigenvalue weighted by molar-refractivity contribution is 7.19. The van der Waals surface area contributed by atoms with Crippen LogP contribution in [0.1, 0.15) is 24.3 Å². The van der Waals surface area contributed by atoms with Gasteiger partial charge in [0.05, 0.1) is 18.6 Å². The van der Waals surface area contributed by atoms with Gasteiger partial charge >= 0.3 is 5.97 Å². The largest absolute Gasteiger partial charge is 0.467 e. The molecular weight excluding hydrogens is 253 g/mol. The van der Waals surface area contributed by atoms with Crippen molar-refractivity contribution in [2.24, 2.45) is 0 Å². The van der Waals surface area contributed by atoms with Gasteiger partial charge in [-0.3, -0.25) is 4.79 Å². The Morgan fingerprint density at radius 2 is 2.33 bits per heavy atom. The molecule has 0 bridgehead atoms. The number of hydrogen-bond donors (Lipinski definition) is 0. The third kappa shape index (κ3) is 2.12. The molecule has 1 saturated carbocycles. The average Bonchev–Trinajstić information content (AvgIpc) is 2.71. The first kappa shape index (κ1) is 13.0. The fraction of sp³-hybridized carbons (Fsp3) is 0.600. The van der Waals surface area contributed by atoms with Crippen molar-refractivity contribution in [3.8, 4) is 0 Å². The van der Waals surface area contributed by atoms with Gasteiger partial charge in [-0.1, -0.05) is 0 Å². The van der Waals surface area contributed by atoms with E-state index in [0.717, 1.165) is 6.42 Å². The number of amides is 1. The van der Waals surface area contributed by atoms with Crippen LogP contribution in [0, 0.1) is 0 Å². The molecule has 1 aliphatic rings. The van der Waals surface area contributed by atoms with Crippen LogP contribution in [-0.2, 0) is 20.9 Å². The lowest BCUT2D eigenvalue weighted by Gasteiger charge is -2.45. The minimum Gasteiger partial charge on any atom is -0.467 e. The van der Waals surface area contributed by atoms with Gasteiger partial charge in [-0.05, 0) is 19.3 Å². The first-order chi connectivity index (χ1) is 8.62. The zero-order chi connectivity index (χ0) is 13.2. The smallest absolute Gasteiger partial charge is 0.331 e. The van der Waals surface area contributed by atoms with Gasteiger partial charge in [0.1, 0.15) is 10.5 Å². The van der Waals surface area contributed by atoms with Crippen LogP contribution in [0.4, 0.5) is 0 Å². The molecule has 1 heterocycles. The Kier molecular flexibility index (Phi) is 3.65. The summed E-state index contributed by atoms with van der Waals surface area (Å²) in [5.41, 5.74) is -0.836. The van der Waals surface area contributed by atoms with E-state index in [1.807, 2.05) is 0 Å². The van der Waals surface area contributed by atoms with Crippen LogP contribution in [0.2, 0.25) is 0 Å². The highest BCUT2D eigenvalue weighted by Gasteiger charge is 2.50. The number of carbonyl (C=O) groups is 2. The Balaban J connectivity index is 2.17. The molecular formula is C10H12BN3O3S. The average molecular weight is 265 g/mol. The third-order valence-corrected chi connectivity index (χ3v) is 3.95. The number of carbonyl (C=O) groups excluding carboxylic acids is 2. The first-order valence-electron chi connectivity index (χ1n) is 5.51. The van der Waals surface area contributed by atoms with Crippen molar-refractivity contribution < 1.29 is 14.3 Å². The first-order valence-corrected chi connectivity index (χ1v) is 6.32. The lowest BCUT2D eigenvalue weighted by Crippen LogP contribution is -2.58. The summed E-state index contributed by atoms with van der Waals surface area (Å²) >= 11 is 1.20. The van der Waals surface area contributed by atoms with Gasteiger partial charge in [0.25, 0.3) is 0 Å². The topological polar surface area (TPSA) is 72.4 Å². The summed E-state index contributed by atoms with van der Waals surface area (Å²) in [6, 6.07) is 0. The molecule has 0 spiro atoms. The van der Waals surface area contributed by atoms with Crippen molar-refractivity contribution in [3.05, 3.63) is 5.01 Å². The third-order valence-electron chi connectivity index (χ3n) is 3.21. The van der Waals surface area contributed by atoms with Crippen molar-refractivity contribution in [2.45, 2.75) is 31.3 Å². The van der Waals surface area contributed by atoms with E-state index in [1.54, 1.807) is 0 Å². The van der Waals surface area contributed by atoms with E-state index in [4.69, 9.17) is 12.6 Å². The minimum atomic E-state index is -0.836. The van der Waals surface area contributed by atoms with Crippen LogP contribution in [0.3, 0.4) is 0 Å². The van der Waals surface area contributed by atoms with Gasteiger partial charge < -0.3 is 9.64 Å². The van der Waals surface area contributed by atoms with Crippen molar-refractivity contribution in [1.82, 2.24) is 15.1 Å². The number of rotatable bonds is 5. The maximum atomic E-state index is 11.8. The highest BCUT2D eigenvalue weighted by atomic mass is 32.1. The molecule has 6 nitrogen and oxygen atoms in total. The number of esters is 1. The summed E-state index contributed by atoms with van der Waals surface area (Å²) in [5, 5.41) is 8.14. The van der Waals surface area contributed by atoms with E-state index in [9.17, 15) is 9.59 Å². The molecule has 0 aromatic carbocycles. The summed E-state index contributed by atoms with van der Waals surface area (Å²) in [6.07, 6.45) is 2.80. The fourth-order valence-corrected chi connectivity index (χ4v) is 2.68. The molecule has 1 aromatic heterocycles. The molecule has 0 N–H and O–H groups in total. The van der Waals surface area contributed by atoms with Crippen LogP contribution in [-0.4, -0.2) is 48.0 Å². The predicted molar refractivity (Wildman–Crippen MR) is 65.5 cm³/mol. The molecule has 1 aliphatic carbocycles. The Labute approximate surface area is 110 Å². The molecule has 0 aliphatic heterocycles. The predicted octanol–water partition coefficient (Wildman–Crippen LogP) is -0.614. The van der Waals surface area contributed by atoms with Crippen molar-refractivity contribution in [3.63, 3.8) is 0 Å². The minimum absolute atomic E-state index is 0.230. The number of nitrogens with zero attached hydrogens (tertiary/aromatic N) is 3. The lowest BCUT2D eigenvalue weighted by molar-refractivity contribution is -0.165. The van der Waals surface area contributed by atoms with Gasteiger partial charge in [0.2, 0.25) is 6.41 Å². The molecule has 8 heteroatoms. The Morgan fingerprint density at radius 3 is 2.72 bits per heavy atom. The van der Waals surface area contributed by atoms with Crippen molar-refractivity contribution in [2.75, 3.05) is 7.11 Å². The van der Waals surface area contributed by atoms with Gasteiger partial charge in [-0.2, -0.15) is 5.10 Å². The van der Waals surface area contributed by atoms with Crippen LogP contribution in [0.5, 0.6) is 0 Å². The summed E-state index contributed by atoms with van der Waals surface area (Å²) in [6.45, 7) is 0.230. The van der Waals surface area contributed by atoms with Gasteiger partial charge in [-0.15, -0.1) is 16.4 Å². The quantitative estimate of drug-likeness (QED) is 0.403. The van der Waals surface area contributed by atoms with E-state index >= 15 is 0 Å². The fourth-order valence-electron chi connectivity index (χ4n) is 2.08. The molecule has 94 valence electrons. The molecule has 0 saturated heterocycles. The molecule has 1 fully saturated rings. The van der Waals surface area contributed by atoms with Crippen LogP contribution < -0.4 is 4.91 Å². The maximum Gasteiger partial charge on any atom is 0.331 e. The summed E-state index contributed by atoms with van der Waals surface area (Å²) < 4.78 is 4.79. The Hall–Kier alpha value is -1.44. The zero-order valence-corrected chi connectivity index (χ0v) is 10.8. The second-order valence-corrected chi connectivity index (χ2v) is 5.24. The van der Waals surface area contributed by atoms with Crippen LogP contribution in [0.25, 0.3) is 0 Å². The van der Waals surface area contributed by atoms with E-state index in [0.29, 0.717) is 29.2 Å². The molecule has 18 heavy (non-hydrogen) atoms. The summed E-state index contributed by atoms with van der Waals surface area (Å²) in [5.74, 6) is -0.377. The SMILES string of the molecule is [B]c1nnc(CN(C=O)C2(C(=O)OC)CCC2)s1. The van der Waals surface area contributed by atoms with Gasteiger partial charge in [0.15, 0.2) is 7.85 Å². The van der Waals surface area contributed by atoms with E-state index in [1.165, 1.54) is 23.3 Å². The maximum absolute atomic E-state index is 11.8. The number of methoxy groups -OCH3 is 1. The van der Waals surface area contributed by atoms with Gasteiger partial charge in [0, 0.05) is 0 Å². The molecule has 1 amide bonds. The second kappa shape index (κ2) is 5.05. The highest BCUT2D eigenvalue weighted by Crippen LogP contribution is 2.38. The molecule has 0 atom stereocenters. The molecule has 1 aromatic rings. The normalized spacial score (nSPS) is 16.7. The van der Waals surface area contributed by atoms with Crippen LogP contribution in [0.15, 0.2) is 0 Å². The van der Waals surface area contributed by atoms with Gasteiger partial charge in [-0.25, -0.2) is 4.79 Å². The Bertz CT molecular complexity index is 461. The standard InChI is InChI=1S/C10H12BN3O3S/c1-17-8(16)10(3-2-4-10)14(6-15)5-7-12-13-9(11)18-7/h6H,2-5H2,1H3. The Morgan fingerprint density at radius 1 is 1.61 bits per heavy atom. The van der Waals surface area contributed by atoms with E-state index < -0.39 is 5.54 Å². The summed E-state index contributed by atoms with van der Waals surface area (Å²) in [7, 11) is 6.81. The number of aromatic nitrogens is 2. The van der Waals surface area contributed by atoms with Crippen molar-refractivity contribution in [1.29, 1.82) is 0 Å². The molecule has 2 radical (unpaired) electrons. The zero-order valence-electron chi connectivity index (χ0n) is 9.96. The number of ether oxygens (including phenoxy) is 1. The number of hydrogen-bond acceptors (Lipinski definition) is 6. The second-order valence-electron chi connectivity index (χ2n) is 4.14. The van der Waals surface area contributed by atoms with E-state index in [2.05, 4.69) is 10.2 Å². The van der Waals surface area contributed by atoms with Crippen molar-refractivity contribution >= 4 is 36.5 Å². The molecule has 2 rings (SSSR count).